The highest BCUT2D eigenvalue weighted by Gasteiger charge is 2.08. The Morgan fingerprint density at radius 2 is 2.06 bits per heavy atom. The molecular weight excluding hydrogens is 299 g/mol. The Balaban J connectivity index is 2.34. The van der Waals surface area contributed by atoms with E-state index in [2.05, 4.69) is 21.2 Å². The number of methoxy groups -OCH3 is 1. The summed E-state index contributed by atoms with van der Waals surface area (Å²) in [6.07, 6.45) is 0. The van der Waals surface area contributed by atoms with E-state index in [1.165, 1.54) is 13.2 Å². The van der Waals surface area contributed by atoms with Crippen molar-refractivity contribution in [2.75, 3.05) is 18.2 Å². The lowest BCUT2D eigenvalue weighted by Gasteiger charge is -2.11. The zero-order valence-corrected chi connectivity index (χ0v) is 11.3. The average Bonchev–Trinajstić information content (AvgIpc) is 2.36. The molecule has 2 aromatic carbocycles. The third-order valence-corrected chi connectivity index (χ3v) is 3.13. The molecule has 0 amide bonds. The maximum absolute atomic E-state index is 13.6. The number of nitrogens with one attached hydrogen (secondary N) is 1. The van der Waals surface area contributed by atoms with Crippen LogP contribution in [0.15, 0.2) is 40.9 Å². The van der Waals surface area contributed by atoms with Gasteiger partial charge in [0.25, 0.3) is 0 Å². The molecule has 0 spiro atoms. The van der Waals surface area contributed by atoms with E-state index >= 15 is 0 Å². The summed E-state index contributed by atoms with van der Waals surface area (Å²) in [7, 11) is 1.54. The van der Waals surface area contributed by atoms with Gasteiger partial charge in [-0.2, -0.15) is 0 Å². The van der Waals surface area contributed by atoms with Crippen LogP contribution < -0.4 is 15.8 Å². The number of nitrogens with two attached hydrogens (primary N) is 1. The number of nitrogen functional groups attached to an aromatic ring is 1. The number of ether oxygens (including phenoxy) is 1. The lowest BCUT2D eigenvalue weighted by molar-refractivity contribution is 0.417. The molecule has 0 unspecified atom stereocenters. The van der Waals surface area contributed by atoms with Gasteiger partial charge in [0.05, 0.1) is 18.5 Å². The molecular formula is C13H12BrFN2O. The van der Waals surface area contributed by atoms with Gasteiger partial charge in [-0.05, 0) is 40.2 Å². The van der Waals surface area contributed by atoms with Crippen LogP contribution in [0.4, 0.5) is 21.5 Å². The summed E-state index contributed by atoms with van der Waals surface area (Å²) >= 11 is 3.30. The Morgan fingerprint density at radius 3 is 2.72 bits per heavy atom. The van der Waals surface area contributed by atoms with Crippen LogP contribution in [-0.2, 0) is 0 Å². The summed E-state index contributed by atoms with van der Waals surface area (Å²) in [6, 6.07) is 9.97. The number of anilines is 3. The standard InChI is InChI=1S/C13H12BrFN2O/c1-18-12-7-8(5-6-11(12)16)17-13-9(14)3-2-4-10(13)15/h2-7,17H,16H2,1H3. The van der Waals surface area contributed by atoms with Gasteiger partial charge in [0.1, 0.15) is 11.6 Å². The average molecular weight is 311 g/mol. The summed E-state index contributed by atoms with van der Waals surface area (Å²) in [5.41, 5.74) is 7.33. The highest BCUT2D eigenvalue weighted by Crippen LogP contribution is 2.31. The summed E-state index contributed by atoms with van der Waals surface area (Å²) in [5, 5.41) is 2.98. The molecule has 0 aliphatic carbocycles. The Morgan fingerprint density at radius 1 is 1.28 bits per heavy atom. The molecule has 0 saturated carbocycles. The van der Waals surface area contributed by atoms with E-state index < -0.39 is 0 Å². The summed E-state index contributed by atoms with van der Waals surface area (Å²) in [6.45, 7) is 0. The SMILES string of the molecule is COc1cc(Nc2c(F)cccc2Br)ccc1N. The van der Waals surface area contributed by atoms with Gasteiger partial charge in [0.2, 0.25) is 0 Å². The molecule has 0 aliphatic heterocycles. The third-order valence-electron chi connectivity index (χ3n) is 2.47. The fourth-order valence-electron chi connectivity index (χ4n) is 1.55. The molecule has 0 bridgehead atoms. The molecule has 2 rings (SSSR count). The second-order valence-electron chi connectivity index (χ2n) is 3.68. The Hall–Kier alpha value is -1.75. The molecule has 2 aromatic rings. The molecule has 0 heterocycles. The van der Waals surface area contributed by atoms with E-state index in [9.17, 15) is 4.39 Å². The van der Waals surface area contributed by atoms with E-state index in [4.69, 9.17) is 10.5 Å². The smallest absolute Gasteiger partial charge is 0.147 e. The van der Waals surface area contributed by atoms with Gasteiger partial charge < -0.3 is 15.8 Å². The van der Waals surface area contributed by atoms with Crippen LogP contribution in [0, 0.1) is 5.82 Å². The molecule has 5 heteroatoms. The Kier molecular flexibility index (Phi) is 3.72. The topological polar surface area (TPSA) is 47.3 Å². The normalized spacial score (nSPS) is 10.2. The van der Waals surface area contributed by atoms with E-state index in [1.807, 2.05) is 0 Å². The van der Waals surface area contributed by atoms with Gasteiger partial charge in [0.15, 0.2) is 0 Å². The molecule has 0 aromatic heterocycles. The minimum Gasteiger partial charge on any atom is -0.495 e. The van der Waals surface area contributed by atoms with Crippen LogP contribution in [0.25, 0.3) is 0 Å². The minimum absolute atomic E-state index is 0.333. The molecule has 0 fully saturated rings. The van der Waals surface area contributed by atoms with Crippen molar-refractivity contribution in [3.8, 4) is 5.75 Å². The number of benzene rings is 2. The number of halogens is 2. The second kappa shape index (κ2) is 5.27. The number of para-hydroxylation sites is 1. The fourth-order valence-corrected chi connectivity index (χ4v) is 1.99. The largest absolute Gasteiger partial charge is 0.495 e. The van der Waals surface area contributed by atoms with Crippen molar-refractivity contribution < 1.29 is 9.13 Å². The van der Waals surface area contributed by atoms with Gasteiger partial charge in [-0.15, -0.1) is 0 Å². The highest BCUT2D eigenvalue weighted by atomic mass is 79.9. The van der Waals surface area contributed by atoms with Crippen LogP contribution >= 0.6 is 15.9 Å². The highest BCUT2D eigenvalue weighted by molar-refractivity contribution is 9.10. The Labute approximate surface area is 113 Å². The van der Waals surface area contributed by atoms with Crippen LogP contribution in [0.5, 0.6) is 5.75 Å². The molecule has 0 radical (unpaired) electrons. The number of rotatable bonds is 3. The zero-order valence-electron chi connectivity index (χ0n) is 9.71. The lowest BCUT2D eigenvalue weighted by Crippen LogP contribution is -1.97. The summed E-state index contributed by atoms with van der Waals surface area (Å²) in [4.78, 5) is 0. The van der Waals surface area contributed by atoms with Gasteiger partial charge >= 0.3 is 0 Å². The molecule has 0 saturated heterocycles. The molecule has 0 aliphatic rings. The van der Waals surface area contributed by atoms with Crippen molar-refractivity contribution in [2.24, 2.45) is 0 Å². The van der Waals surface area contributed by atoms with E-state index in [-0.39, 0.29) is 5.82 Å². The predicted molar refractivity (Wildman–Crippen MR) is 74.8 cm³/mol. The summed E-state index contributed by atoms with van der Waals surface area (Å²) in [5.74, 6) is 0.215. The molecule has 3 N–H and O–H groups in total. The van der Waals surface area contributed by atoms with E-state index in [0.717, 1.165) is 0 Å². The van der Waals surface area contributed by atoms with Crippen LogP contribution in [0.3, 0.4) is 0 Å². The van der Waals surface area contributed by atoms with Crippen LogP contribution in [0.1, 0.15) is 0 Å². The fraction of sp³-hybridized carbons (Fsp3) is 0.0769. The zero-order chi connectivity index (χ0) is 13.1. The predicted octanol–water partition coefficient (Wildman–Crippen LogP) is 3.92. The monoisotopic (exact) mass is 310 g/mol. The van der Waals surface area contributed by atoms with Crippen molar-refractivity contribution >= 4 is 33.0 Å². The first kappa shape index (κ1) is 12.7. The molecule has 0 atom stereocenters. The van der Waals surface area contributed by atoms with E-state index in [0.29, 0.717) is 27.3 Å². The van der Waals surface area contributed by atoms with Crippen molar-refractivity contribution in [1.29, 1.82) is 0 Å². The van der Waals surface area contributed by atoms with Crippen molar-refractivity contribution in [3.05, 3.63) is 46.7 Å². The van der Waals surface area contributed by atoms with Crippen LogP contribution in [0.2, 0.25) is 0 Å². The third kappa shape index (κ3) is 2.56. The van der Waals surface area contributed by atoms with Crippen LogP contribution in [-0.4, -0.2) is 7.11 Å². The van der Waals surface area contributed by atoms with Crippen molar-refractivity contribution in [1.82, 2.24) is 0 Å². The maximum Gasteiger partial charge on any atom is 0.147 e. The van der Waals surface area contributed by atoms with E-state index in [1.54, 1.807) is 30.3 Å². The first-order valence-electron chi connectivity index (χ1n) is 5.26. The van der Waals surface area contributed by atoms with Crippen molar-refractivity contribution in [3.63, 3.8) is 0 Å². The summed E-state index contributed by atoms with van der Waals surface area (Å²) < 4.78 is 19.4. The number of hydrogen-bond donors (Lipinski definition) is 2. The van der Waals surface area contributed by atoms with Gasteiger partial charge in [-0.25, -0.2) is 4.39 Å². The first-order valence-corrected chi connectivity index (χ1v) is 6.05. The molecule has 94 valence electrons. The van der Waals surface area contributed by atoms with Gasteiger partial charge in [0, 0.05) is 16.2 Å². The lowest BCUT2D eigenvalue weighted by atomic mass is 10.2. The Bertz CT molecular complexity index is 555. The maximum atomic E-state index is 13.6. The minimum atomic E-state index is -0.333. The number of hydrogen-bond acceptors (Lipinski definition) is 3. The molecule has 3 nitrogen and oxygen atoms in total. The quantitative estimate of drug-likeness (QED) is 0.845. The van der Waals surface area contributed by atoms with Gasteiger partial charge in [-0.3, -0.25) is 0 Å². The molecule has 18 heavy (non-hydrogen) atoms. The first-order chi connectivity index (χ1) is 8.61. The van der Waals surface area contributed by atoms with Crippen molar-refractivity contribution in [2.45, 2.75) is 0 Å². The van der Waals surface area contributed by atoms with Gasteiger partial charge in [-0.1, -0.05) is 6.07 Å². The second-order valence-corrected chi connectivity index (χ2v) is 4.53.